The third kappa shape index (κ3) is 2.99. The van der Waals surface area contributed by atoms with Gasteiger partial charge >= 0.3 is 0 Å². The number of ketones is 1. The summed E-state index contributed by atoms with van der Waals surface area (Å²) in [6, 6.07) is 10.6. The minimum Gasteiger partial charge on any atom is -0.299 e. The summed E-state index contributed by atoms with van der Waals surface area (Å²) in [5.41, 5.74) is 3.52. The van der Waals surface area contributed by atoms with E-state index in [4.69, 9.17) is 0 Å². The van der Waals surface area contributed by atoms with E-state index in [0.29, 0.717) is 22.4 Å². The average Bonchev–Trinajstić information content (AvgIpc) is 2.94. The monoisotopic (exact) mass is 402 g/mol. The zero-order valence-corrected chi connectivity index (χ0v) is 17.5. The van der Waals surface area contributed by atoms with Crippen molar-refractivity contribution in [1.29, 1.82) is 0 Å². The smallest absolute Gasteiger partial charge is 0.277 e. The van der Waals surface area contributed by atoms with Crippen LogP contribution in [0.5, 0.6) is 0 Å². The predicted molar refractivity (Wildman–Crippen MR) is 116 cm³/mol. The van der Waals surface area contributed by atoms with Crippen molar-refractivity contribution in [1.82, 2.24) is 19.3 Å². The second kappa shape index (κ2) is 6.95. The zero-order valence-electron chi connectivity index (χ0n) is 17.5. The van der Waals surface area contributed by atoms with Gasteiger partial charge in [0.1, 0.15) is 11.4 Å². The van der Waals surface area contributed by atoms with E-state index in [-0.39, 0.29) is 16.7 Å². The van der Waals surface area contributed by atoms with Gasteiger partial charge in [0, 0.05) is 18.3 Å². The molecule has 0 bridgehead atoms. The molecule has 7 nitrogen and oxygen atoms in total. The normalized spacial score (nSPS) is 11.2. The molecule has 0 atom stereocenters. The second-order valence-electron chi connectivity index (χ2n) is 7.63. The van der Waals surface area contributed by atoms with Crippen molar-refractivity contribution >= 4 is 16.7 Å². The fraction of sp³-hybridized carbons (Fsp3) is 0.217. The predicted octanol–water partition coefficient (Wildman–Crippen LogP) is 2.88. The van der Waals surface area contributed by atoms with Crippen LogP contribution in [0.1, 0.15) is 38.6 Å². The summed E-state index contributed by atoms with van der Waals surface area (Å²) in [7, 11) is 1.56. The number of nitrogens with one attached hydrogen (secondary N) is 1. The highest BCUT2D eigenvalue weighted by atomic mass is 16.2. The topological polar surface area (TPSA) is 89.8 Å². The number of nitrogens with zero attached hydrogens (tertiary/aromatic N) is 3. The molecule has 0 amide bonds. The molecule has 2 heterocycles. The van der Waals surface area contributed by atoms with Crippen LogP contribution in [0.2, 0.25) is 0 Å². The molecular weight excluding hydrogens is 380 g/mol. The van der Waals surface area contributed by atoms with Crippen molar-refractivity contribution in [3.05, 3.63) is 90.9 Å². The third-order valence-electron chi connectivity index (χ3n) is 5.35. The Kier molecular flexibility index (Phi) is 4.53. The number of benzene rings is 2. The standard InChI is InChI=1S/C23H22N4O3/c1-12-6-9-19(13(2)10-12)27-15(4)24-18-8-7-16(11-17(18)22(27)29)21(28)20-14(3)25-26(5)23(20)30/h6-11,25H,1-5H3. The summed E-state index contributed by atoms with van der Waals surface area (Å²) in [6.45, 7) is 7.40. The van der Waals surface area contributed by atoms with E-state index in [2.05, 4.69) is 10.1 Å². The summed E-state index contributed by atoms with van der Waals surface area (Å²) in [5, 5.41) is 3.16. The van der Waals surface area contributed by atoms with Crippen molar-refractivity contribution in [2.45, 2.75) is 27.7 Å². The number of rotatable bonds is 3. The molecule has 0 saturated carbocycles. The van der Waals surface area contributed by atoms with Crippen LogP contribution in [-0.4, -0.2) is 25.1 Å². The largest absolute Gasteiger partial charge is 0.299 e. The number of hydrogen-bond acceptors (Lipinski definition) is 4. The highest BCUT2D eigenvalue weighted by Crippen LogP contribution is 2.19. The fourth-order valence-electron chi connectivity index (χ4n) is 3.88. The zero-order chi connectivity index (χ0) is 21.7. The number of carbonyl (C=O) groups excluding carboxylic acids is 1. The van der Waals surface area contributed by atoms with Gasteiger partial charge in [0.05, 0.1) is 16.6 Å². The molecule has 4 rings (SSSR count). The molecule has 0 aliphatic heterocycles. The Morgan fingerprint density at radius 3 is 2.33 bits per heavy atom. The van der Waals surface area contributed by atoms with Crippen LogP contribution in [0.4, 0.5) is 0 Å². The summed E-state index contributed by atoms with van der Waals surface area (Å²) in [4.78, 5) is 43.3. The van der Waals surface area contributed by atoms with Gasteiger partial charge in [0.2, 0.25) is 0 Å². The number of aromatic amines is 1. The van der Waals surface area contributed by atoms with E-state index < -0.39 is 11.3 Å². The van der Waals surface area contributed by atoms with E-state index in [9.17, 15) is 14.4 Å². The van der Waals surface area contributed by atoms with Gasteiger partial charge < -0.3 is 0 Å². The van der Waals surface area contributed by atoms with Crippen LogP contribution in [0.15, 0.2) is 46.0 Å². The van der Waals surface area contributed by atoms with Crippen molar-refractivity contribution < 1.29 is 4.79 Å². The minimum absolute atomic E-state index is 0.0756. The van der Waals surface area contributed by atoms with Crippen LogP contribution in [0, 0.1) is 27.7 Å². The van der Waals surface area contributed by atoms with Gasteiger partial charge in [-0.05, 0) is 57.5 Å². The Labute approximate surface area is 172 Å². The Bertz CT molecular complexity index is 1450. The van der Waals surface area contributed by atoms with Crippen molar-refractivity contribution in [3.63, 3.8) is 0 Å². The molecule has 30 heavy (non-hydrogen) atoms. The molecule has 2 aromatic heterocycles. The highest BCUT2D eigenvalue weighted by Gasteiger charge is 2.20. The summed E-state index contributed by atoms with van der Waals surface area (Å²) >= 11 is 0. The van der Waals surface area contributed by atoms with Gasteiger partial charge in [-0.25, -0.2) is 4.98 Å². The van der Waals surface area contributed by atoms with Crippen molar-refractivity contribution in [2.75, 3.05) is 0 Å². The lowest BCUT2D eigenvalue weighted by molar-refractivity contribution is 0.103. The first-order valence-electron chi connectivity index (χ1n) is 9.60. The van der Waals surface area contributed by atoms with Crippen LogP contribution in [0.3, 0.4) is 0 Å². The molecular formula is C23H22N4O3. The van der Waals surface area contributed by atoms with Crippen LogP contribution < -0.4 is 11.1 Å². The van der Waals surface area contributed by atoms with Crippen molar-refractivity contribution in [2.24, 2.45) is 7.05 Å². The molecule has 0 fully saturated rings. The molecule has 0 saturated heterocycles. The van der Waals surface area contributed by atoms with E-state index in [1.807, 2.05) is 32.0 Å². The van der Waals surface area contributed by atoms with Gasteiger partial charge in [0.25, 0.3) is 11.1 Å². The quantitative estimate of drug-likeness (QED) is 0.534. The summed E-state index contributed by atoms with van der Waals surface area (Å²) < 4.78 is 2.83. The first-order chi connectivity index (χ1) is 14.2. The van der Waals surface area contributed by atoms with E-state index in [1.54, 1.807) is 37.6 Å². The Hall–Kier alpha value is -3.74. The van der Waals surface area contributed by atoms with Crippen molar-refractivity contribution in [3.8, 4) is 5.69 Å². The lowest BCUT2D eigenvalue weighted by atomic mass is 10.0. The first kappa shape index (κ1) is 19.6. The van der Waals surface area contributed by atoms with Gasteiger partial charge in [-0.1, -0.05) is 17.7 Å². The lowest BCUT2D eigenvalue weighted by Gasteiger charge is -2.14. The molecule has 7 heteroatoms. The summed E-state index contributed by atoms with van der Waals surface area (Å²) in [6.07, 6.45) is 0. The third-order valence-corrected chi connectivity index (χ3v) is 5.35. The number of carbonyl (C=O) groups is 1. The maximum absolute atomic E-state index is 13.4. The maximum atomic E-state index is 13.4. The molecule has 2 aromatic carbocycles. The van der Waals surface area contributed by atoms with Gasteiger partial charge in [-0.2, -0.15) is 0 Å². The second-order valence-corrected chi connectivity index (χ2v) is 7.63. The number of fused-ring (bicyclic) bond motifs is 1. The molecule has 0 radical (unpaired) electrons. The average molecular weight is 402 g/mol. The van der Waals surface area contributed by atoms with Gasteiger partial charge in [-0.3, -0.25) is 28.7 Å². The highest BCUT2D eigenvalue weighted by molar-refractivity contribution is 6.10. The molecule has 0 unspecified atom stereocenters. The molecule has 152 valence electrons. The SMILES string of the molecule is Cc1ccc(-n2c(C)nc3ccc(C(=O)c4c(C)[nH]n(C)c4=O)cc3c2=O)c(C)c1. The van der Waals surface area contributed by atoms with Crippen LogP contribution in [-0.2, 0) is 7.05 Å². The molecule has 0 aliphatic rings. The first-order valence-corrected chi connectivity index (χ1v) is 9.60. The number of hydrogen-bond donors (Lipinski definition) is 1. The van der Waals surface area contributed by atoms with Crippen LogP contribution >= 0.6 is 0 Å². The lowest BCUT2D eigenvalue weighted by Crippen LogP contribution is -2.24. The Morgan fingerprint density at radius 1 is 0.967 bits per heavy atom. The number of aromatic nitrogens is 4. The Morgan fingerprint density at radius 2 is 1.70 bits per heavy atom. The molecule has 4 aromatic rings. The van der Waals surface area contributed by atoms with Gasteiger partial charge in [-0.15, -0.1) is 0 Å². The minimum atomic E-state index is -0.422. The molecule has 1 N–H and O–H groups in total. The maximum Gasteiger partial charge on any atom is 0.277 e. The Balaban J connectivity index is 1.94. The molecule has 0 spiro atoms. The van der Waals surface area contributed by atoms with E-state index in [1.165, 1.54) is 10.7 Å². The number of aryl methyl sites for hydroxylation is 5. The van der Waals surface area contributed by atoms with E-state index >= 15 is 0 Å². The fourth-order valence-corrected chi connectivity index (χ4v) is 3.88. The van der Waals surface area contributed by atoms with Gasteiger partial charge in [0.15, 0.2) is 5.78 Å². The van der Waals surface area contributed by atoms with Crippen LogP contribution in [0.25, 0.3) is 16.6 Å². The summed E-state index contributed by atoms with van der Waals surface area (Å²) in [5.74, 6) is 0.142. The van der Waals surface area contributed by atoms with E-state index in [0.717, 1.165) is 16.8 Å². The molecule has 0 aliphatic carbocycles. The number of H-pyrrole nitrogens is 1.